The lowest BCUT2D eigenvalue weighted by Gasteiger charge is -2.38. The second-order valence-electron chi connectivity index (χ2n) is 8.89. The quantitative estimate of drug-likeness (QED) is 0.342. The fourth-order valence-electron chi connectivity index (χ4n) is 4.55. The van der Waals surface area contributed by atoms with Gasteiger partial charge >= 0.3 is 0 Å². The summed E-state index contributed by atoms with van der Waals surface area (Å²) in [5.41, 5.74) is 3.14. The van der Waals surface area contributed by atoms with Gasteiger partial charge in [0.2, 0.25) is 11.8 Å². The first kappa shape index (κ1) is 25.1. The maximum atomic E-state index is 13.6. The number of halogens is 2. The van der Waals surface area contributed by atoms with Crippen molar-refractivity contribution in [3.8, 4) is 5.75 Å². The zero-order chi connectivity index (χ0) is 26.6. The molecule has 1 N–H and O–H groups in total. The molecular formula is C29H25F2N3O4. The Kier molecular flexibility index (Phi) is 7.17. The lowest BCUT2D eigenvalue weighted by atomic mass is 9.87. The van der Waals surface area contributed by atoms with Crippen molar-refractivity contribution in [3.05, 3.63) is 113 Å². The van der Waals surface area contributed by atoms with Gasteiger partial charge in [-0.25, -0.2) is 13.8 Å². The molecule has 1 atom stereocenters. The largest absolute Gasteiger partial charge is 0.484 e. The molecule has 2 amide bonds. The summed E-state index contributed by atoms with van der Waals surface area (Å²) in [6, 6.07) is 17.0. The lowest BCUT2D eigenvalue weighted by Crippen LogP contribution is -2.40. The molecule has 1 aliphatic rings. The number of rotatable bonds is 7. The highest BCUT2D eigenvalue weighted by Gasteiger charge is 2.31. The van der Waals surface area contributed by atoms with Gasteiger partial charge in [0.15, 0.2) is 12.3 Å². The number of anilines is 1. The van der Waals surface area contributed by atoms with Crippen molar-refractivity contribution in [1.82, 2.24) is 9.88 Å². The van der Waals surface area contributed by atoms with Gasteiger partial charge in [0.05, 0.1) is 6.04 Å². The van der Waals surface area contributed by atoms with Crippen molar-refractivity contribution in [1.29, 1.82) is 0 Å². The molecule has 9 heteroatoms. The molecular weight excluding hydrogens is 492 g/mol. The third kappa shape index (κ3) is 5.41. The number of hydrogen-bond donors (Lipinski definition) is 1. The van der Waals surface area contributed by atoms with Crippen LogP contribution in [0.3, 0.4) is 0 Å². The first-order valence-corrected chi connectivity index (χ1v) is 12.2. The number of benzene rings is 3. The SMILES string of the molecule is CCC(=O)N1CCc2ccc(OCc3nc(C(=O)Nc4cccc(F)c4)co3)cc2C1c1ccc(F)cc1. The average Bonchev–Trinajstić information content (AvgIpc) is 3.41. The van der Waals surface area contributed by atoms with Gasteiger partial charge in [-0.1, -0.05) is 31.2 Å². The maximum Gasteiger partial charge on any atom is 0.277 e. The van der Waals surface area contributed by atoms with Crippen LogP contribution in [-0.4, -0.2) is 28.2 Å². The standard InChI is InChI=1S/C29H25F2N3O4/c1-2-27(35)34-13-12-18-8-11-23(15-24(18)28(34)19-6-9-20(30)10-7-19)37-17-26-33-25(16-38-26)29(36)32-22-5-3-4-21(31)14-22/h3-11,14-16,28H,2,12-13,17H2,1H3,(H,32,36). The molecule has 3 aromatic carbocycles. The van der Waals surface area contributed by atoms with E-state index < -0.39 is 11.7 Å². The number of carbonyl (C=O) groups excluding carboxylic acids is 2. The van der Waals surface area contributed by atoms with Crippen molar-refractivity contribution in [2.75, 3.05) is 11.9 Å². The van der Waals surface area contributed by atoms with Crippen LogP contribution in [0.4, 0.5) is 14.5 Å². The van der Waals surface area contributed by atoms with Gasteiger partial charge < -0.3 is 19.4 Å². The molecule has 0 radical (unpaired) electrons. The highest BCUT2D eigenvalue weighted by molar-refractivity contribution is 6.02. The Morgan fingerprint density at radius 3 is 2.66 bits per heavy atom. The van der Waals surface area contributed by atoms with E-state index in [9.17, 15) is 18.4 Å². The Morgan fingerprint density at radius 2 is 1.89 bits per heavy atom. The summed E-state index contributed by atoms with van der Waals surface area (Å²) in [5, 5.41) is 2.56. The van der Waals surface area contributed by atoms with Gasteiger partial charge in [0.1, 0.15) is 23.6 Å². The van der Waals surface area contributed by atoms with E-state index in [1.165, 1.54) is 36.6 Å². The Bertz CT molecular complexity index is 1470. The summed E-state index contributed by atoms with van der Waals surface area (Å²) >= 11 is 0. The molecule has 1 aromatic heterocycles. The van der Waals surface area contributed by atoms with Crippen LogP contribution >= 0.6 is 0 Å². The number of carbonyl (C=O) groups is 2. The van der Waals surface area contributed by atoms with Crippen LogP contribution in [0.15, 0.2) is 77.4 Å². The molecule has 0 fully saturated rings. The molecule has 4 aromatic rings. The number of oxazole rings is 1. The smallest absolute Gasteiger partial charge is 0.277 e. The molecule has 38 heavy (non-hydrogen) atoms. The number of nitrogens with one attached hydrogen (secondary N) is 1. The highest BCUT2D eigenvalue weighted by atomic mass is 19.1. The third-order valence-electron chi connectivity index (χ3n) is 6.38. The third-order valence-corrected chi connectivity index (χ3v) is 6.38. The predicted octanol–water partition coefficient (Wildman–Crippen LogP) is 5.67. The summed E-state index contributed by atoms with van der Waals surface area (Å²) in [6.07, 6.45) is 2.27. The zero-order valence-electron chi connectivity index (χ0n) is 20.6. The number of nitrogens with zero attached hydrogens (tertiary/aromatic N) is 2. The van der Waals surface area contributed by atoms with Crippen molar-refractivity contribution >= 4 is 17.5 Å². The fourth-order valence-corrected chi connectivity index (χ4v) is 4.55. The molecule has 0 spiro atoms. The van der Waals surface area contributed by atoms with E-state index >= 15 is 0 Å². The van der Waals surface area contributed by atoms with Crippen LogP contribution in [0.5, 0.6) is 5.75 Å². The number of amides is 2. The Hall–Kier alpha value is -4.53. The molecule has 0 saturated heterocycles. The zero-order valence-corrected chi connectivity index (χ0v) is 20.6. The van der Waals surface area contributed by atoms with Crippen LogP contribution in [0.2, 0.25) is 0 Å². The van der Waals surface area contributed by atoms with Crippen LogP contribution in [0.25, 0.3) is 0 Å². The fraction of sp³-hybridized carbons (Fsp3) is 0.207. The molecule has 2 heterocycles. The molecule has 7 nitrogen and oxygen atoms in total. The normalized spacial score (nSPS) is 14.6. The van der Waals surface area contributed by atoms with Gasteiger partial charge in [0.25, 0.3) is 5.91 Å². The van der Waals surface area contributed by atoms with Gasteiger partial charge in [0, 0.05) is 18.7 Å². The topological polar surface area (TPSA) is 84.7 Å². The highest BCUT2D eigenvalue weighted by Crippen LogP contribution is 2.37. The van der Waals surface area contributed by atoms with Gasteiger partial charge in [-0.15, -0.1) is 0 Å². The summed E-state index contributed by atoms with van der Waals surface area (Å²) in [6.45, 7) is 2.35. The van der Waals surface area contributed by atoms with Gasteiger partial charge in [-0.05, 0) is 65.6 Å². The van der Waals surface area contributed by atoms with Gasteiger partial charge in [-0.2, -0.15) is 0 Å². The molecule has 0 bridgehead atoms. The minimum atomic E-state index is -0.540. The molecule has 194 valence electrons. The minimum absolute atomic E-state index is 0.0140. The van der Waals surface area contributed by atoms with Crippen LogP contribution in [-0.2, 0) is 17.8 Å². The first-order chi connectivity index (χ1) is 18.4. The average molecular weight is 518 g/mol. The second kappa shape index (κ2) is 10.8. The van der Waals surface area contributed by atoms with E-state index in [2.05, 4.69) is 10.3 Å². The van der Waals surface area contributed by atoms with Gasteiger partial charge in [-0.3, -0.25) is 9.59 Å². The monoisotopic (exact) mass is 517 g/mol. The number of ether oxygens (including phenoxy) is 1. The van der Waals surface area contributed by atoms with E-state index in [1.54, 1.807) is 18.2 Å². The summed E-state index contributed by atoms with van der Waals surface area (Å²) in [4.78, 5) is 31.2. The van der Waals surface area contributed by atoms with E-state index in [4.69, 9.17) is 9.15 Å². The van der Waals surface area contributed by atoms with Crippen molar-refractivity contribution in [3.63, 3.8) is 0 Å². The number of hydrogen-bond acceptors (Lipinski definition) is 5. The summed E-state index contributed by atoms with van der Waals surface area (Å²) < 4.78 is 38.3. The second-order valence-corrected chi connectivity index (χ2v) is 8.89. The van der Waals surface area contributed by atoms with Crippen LogP contribution < -0.4 is 10.1 Å². The minimum Gasteiger partial charge on any atom is -0.484 e. The van der Waals surface area contributed by atoms with E-state index in [0.29, 0.717) is 30.8 Å². The van der Waals surface area contributed by atoms with E-state index in [1.807, 2.05) is 30.0 Å². The lowest BCUT2D eigenvalue weighted by molar-refractivity contribution is -0.132. The Morgan fingerprint density at radius 1 is 1.08 bits per heavy atom. The first-order valence-electron chi connectivity index (χ1n) is 12.2. The summed E-state index contributed by atoms with van der Waals surface area (Å²) in [5.74, 6) is -0.617. The predicted molar refractivity (Wildman–Crippen MR) is 136 cm³/mol. The number of aromatic nitrogens is 1. The molecule has 0 saturated carbocycles. The molecule has 5 rings (SSSR count). The van der Waals surface area contributed by atoms with Crippen molar-refractivity contribution < 1.29 is 27.5 Å². The van der Waals surface area contributed by atoms with Crippen molar-refractivity contribution in [2.45, 2.75) is 32.4 Å². The summed E-state index contributed by atoms with van der Waals surface area (Å²) in [7, 11) is 0. The van der Waals surface area contributed by atoms with E-state index in [0.717, 1.165) is 16.7 Å². The molecule has 1 unspecified atom stereocenters. The number of fused-ring (bicyclic) bond motifs is 1. The Labute approximate surface area is 218 Å². The molecule has 0 aliphatic carbocycles. The van der Waals surface area contributed by atoms with E-state index in [-0.39, 0.29) is 36.0 Å². The molecule has 1 aliphatic heterocycles. The van der Waals surface area contributed by atoms with Crippen LogP contribution in [0.1, 0.15) is 52.5 Å². The Balaban J connectivity index is 1.33. The van der Waals surface area contributed by atoms with Crippen molar-refractivity contribution in [2.24, 2.45) is 0 Å². The maximum absolute atomic E-state index is 13.6. The van der Waals surface area contributed by atoms with Crippen LogP contribution in [0, 0.1) is 11.6 Å².